The summed E-state index contributed by atoms with van der Waals surface area (Å²) in [5, 5.41) is 5.83. The Kier molecular flexibility index (Phi) is 6.48. The summed E-state index contributed by atoms with van der Waals surface area (Å²) < 4.78 is 5.43. The van der Waals surface area contributed by atoms with E-state index in [0.717, 1.165) is 52.2 Å². The van der Waals surface area contributed by atoms with Gasteiger partial charge < -0.3 is 9.64 Å². The monoisotopic (exact) mass is 476 g/mol. The molecule has 2 aromatic heterocycles. The van der Waals surface area contributed by atoms with Crippen LogP contribution in [0.3, 0.4) is 0 Å². The number of carbonyl (C=O) groups is 1. The third kappa shape index (κ3) is 4.83. The fraction of sp³-hybridized carbons (Fsp3) is 0.240. The highest BCUT2D eigenvalue weighted by Crippen LogP contribution is 2.32. The van der Waals surface area contributed by atoms with Crippen LogP contribution in [0.2, 0.25) is 0 Å². The molecular formula is C25H24N4O2S2. The lowest BCUT2D eigenvalue weighted by Gasteiger charge is -2.34. The zero-order valence-electron chi connectivity index (χ0n) is 18.3. The lowest BCUT2D eigenvalue weighted by Crippen LogP contribution is -2.48. The van der Waals surface area contributed by atoms with E-state index in [4.69, 9.17) is 9.72 Å². The molecule has 6 nitrogen and oxygen atoms in total. The molecule has 0 unspecified atom stereocenters. The Morgan fingerprint density at radius 2 is 1.64 bits per heavy atom. The molecule has 1 aliphatic heterocycles. The molecule has 4 aromatic rings. The fourth-order valence-corrected chi connectivity index (χ4v) is 5.55. The second kappa shape index (κ2) is 9.82. The molecule has 0 atom stereocenters. The molecule has 3 heterocycles. The van der Waals surface area contributed by atoms with Gasteiger partial charge in [0.1, 0.15) is 21.5 Å². The highest BCUT2D eigenvalue weighted by atomic mass is 32.1. The molecule has 0 N–H and O–H groups in total. The summed E-state index contributed by atoms with van der Waals surface area (Å²) in [6.45, 7) is 3.84. The molecule has 1 aliphatic rings. The van der Waals surface area contributed by atoms with Crippen molar-refractivity contribution in [2.24, 2.45) is 0 Å². The number of carbonyl (C=O) groups excluding carboxylic acids is 1. The number of benzene rings is 2. The van der Waals surface area contributed by atoms with Gasteiger partial charge in [-0.25, -0.2) is 9.97 Å². The van der Waals surface area contributed by atoms with E-state index in [0.29, 0.717) is 18.8 Å². The van der Waals surface area contributed by atoms with Crippen molar-refractivity contribution in [3.63, 3.8) is 0 Å². The standard InChI is InChI=1S/C25H24N4O2S2/c1-31-22-10-6-5-9-20(22)24-27-21(17-33-24)25(30)29-13-11-28(12-14-29)15-19-16-32-23(26-19)18-7-3-2-4-8-18/h2-10,16-17H,11-15H2,1H3. The first-order valence-electron chi connectivity index (χ1n) is 10.8. The van der Waals surface area contributed by atoms with E-state index in [2.05, 4.69) is 27.4 Å². The minimum absolute atomic E-state index is 0.00734. The number of hydrogen-bond acceptors (Lipinski definition) is 7. The minimum atomic E-state index is -0.00734. The maximum Gasteiger partial charge on any atom is 0.273 e. The van der Waals surface area contributed by atoms with Gasteiger partial charge in [0.15, 0.2) is 0 Å². The van der Waals surface area contributed by atoms with Crippen molar-refractivity contribution >= 4 is 28.6 Å². The second-order valence-corrected chi connectivity index (χ2v) is 9.53. The molecule has 0 bridgehead atoms. The Labute approximate surface area is 201 Å². The smallest absolute Gasteiger partial charge is 0.273 e. The number of para-hydroxylation sites is 1. The Morgan fingerprint density at radius 3 is 2.42 bits per heavy atom. The molecule has 2 aromatic carbocycles. The summed E-state index contributed by atoms with van der Waals surface area (Å²) in [5.74, 6) is 0.754. The second-order valence-electron chi connectivity index (χ2n) is 7.82. The van der Waals surface area contributed by atoms with Gasteiger partial charge in [-0.1, -0.05) is 42.5 Å². The third-order valence-corrected chi connectivity index (χ3v) is 7.49. The van der Waals surface area contributed by atoms with Gasteiger partial charge in [-0.3, -0.25) is 9.69 Å². The number of rotatable bonds is 6. The Bertz CT molecular complexity index is 1230. The van der Waals surface area contributed by atoms with Crippen molar-refractivity contribution < 1.29 is 9.53 Å². The Morgan fingerprint density at radius 1 is 0.909 bits per heavy atom. The van der Waals surface area contributed by atoms with Gasteiger partial charge in [0.2, 0.25) is 0 Å². The summed E-state index contributed by atoms with van der Waals surface area (Å²) in [4.78, 5) is 26.7. The molecule has 168 valence electrons. The number of piperazine rings is 1. The molecule has 8 heteroatoms. The number of aromatic nitrogens is 2. The fourth-order valence-electron chi connectivity index (χ4n) is 3.91. The molecular weight excluding hydrogens is 452 g/mol. The average Bonchev–Trinajstić information content (AvgIpc) is 3.55. The van der Waals surface area contributed by atoms with E-state index in [-0.39, 0.29) is 5.91 Å². The van der Waals surface area contributed by atoms with Crippen LogP contribution in [0.1, 0.15) is 16.2 Å². The van der Waals surface area contributed by atoms with Gasteiger partial charge in [0.05, 0.1) is 18.4 Å². The van der Waals surface area contributed by atoms with Gasteiger partial charge in [-0.15, -0.1) is 22.7 Å². The zero-order chi connectivity index (χ0) is 22.6. The first kappa shape index (κ1) is 21.8. The molecule has 1 amide bonds. The van der Waals surface area contributed by atoms with Crippen molar-refractivity contribution in [2.45, 2.75) is 6.54 Å². The van der Waals surface area contributed by atoms with E-state index < -0.39 is 0 Å². The van der Waals surface area contributed by atoms with Gasteiger partial charge in [-0.05, 0) is 12.1 Å². The molecule has 0 aliphatic carbocycles. The molecule has 0 radical (unpaired) electrons. The molecule has 33 heavy (non-hydrogen) atoms. The first-order valence-corrected chi connectivity index (χ1v) is 12.6. The van der Waals surface area contributed by atoms with Crippen molar-refractivity contribution in [2.75, 3.05) is 33.3 Å². The lowest BCUT2D eigenvalue weighted by molar-refractivity contribution is 0.0622. The molecule has 5 rings (SSSR count). The largest absolute Gasteiger partial charge is 0.496 e. The van der Waals surface area contributed by atoms with E-state index in [1.54, 1.807) is 18.4 Å². The van der Waals surface area contributed by atoms with Crippen molar-refractivity contribution in [3.05, 3.63) is 76.7 Å². The topological polar surface area (TPSA) is 58.6 Å². The Hall–Kier alpha value is -3.07. The van der Waals surface area contributed by atoms with Crippen molar-refractivity contribution in [1.82, 2.24) is 19.8 Å². The van der Waals surface area contributed by atoms with Crippen LogP contribution in [0.5, 0.6) is 5.75 Å². The van der Waals surface area contributed by atoms with Crippen LogP contribution in [-0.4, -0.2) is 59.0 Å². The number of hydrogen-bond donors (Lipinski definition) is 0. The van der Waals surface area contributed by atoms with Crippen molar-refractivity contribution in [3.8, 4) is 26.9 Å². The molecule has 1 fully saturated rings. The van der Waals surface area contributed by atoms with Gasteiger partial charge >= 0.3 is 0 Å². The van der Waals surface area contributed by atoms with Gasteiger partial charge in [0, 0.05) is 49.0 Å². The number of nitrogens with zero attached hydrogens (tertiary/aromatic N) is 4. The predicted molar refractivity (Wildman–Crippen MR) is 133 cm³/mol. The highest BCUT2D eigenvalue weighted by molar-refractivity contribution is 7.13. The van der Waals surface area contributed by atoms with Crippen molar-refractivity contribution in [1.29, 1.82) is 0 Å². The predicted octanol–water partition coefficient (Wildman–Crippen LogP) is 4.90. The van der Waals surface area contributed by atoms with Crippen LogP contribution >= 0.6 is 22.7 Å². The van der Waals surface area contributed by atoms with E-state index in [1.165, 1.54) is 11.3 Å². The summed E-state index contributed by atoms with van der Waals surface area (Å²) in [5.41, 5.74) is 3.65. The Balaban J connectivity index is 1.18. The number of amides is 1. The van der Waals surface area contributed by atoms with Crippen LogP contribution in [0, 0.1) is 0 Å². The van der Waals surface area contributed by atoms with Crippen LogP contribution in [-0.2, 0) is 6.54 Å². The van der Waals surface area contributed by atoms with Crippen LogP contribution in [0.25, 0.3) is 21.1 Å². The van der Waals surface area contributed by atoms with E-state index >= 15 is 0 Å². The van der Waals surface area contributed by atoms with Gasteiger partial charge in [0.25, 0.3) is 5.91 Å². The summed E-state index contributed by atoms with van der Waals surface area (Å²) >= 11 is 3.15. The quantitative estimate of drug-likeness (QED) is 0.396. The van der Waals surface area contributed by atoms with Crippen LogP contribution in [0.15, 0.2) is 65.4 Å². The van der Waals surface area contributed by atoms with Crippen LogP contribution < -0.4 is 4.74 Å². The maximum atomic E-state index is 13.0. The SMILES string of the molecule is COc1ccccc1-c1nc(C(=O)N2CCN(Cc3csc(-c4ccccc4)n3)CC2)cs1. The minimum Gasteiger partial charge on any atom is -0.496 e. The zero-order valence-corrected chi connectivity index (χ0v) is 19.9. The van der Waals surface area contributed by atoms with E-state index in [9.17, 15) is 4.79 Å². The maximum absolute atomic E-state index is 13.0. The molecule has 0 spiro atoms. The third-order valence-electron chi connectivity index (χ3n) is 5.68. The molecule has 1 saturated heterocycles. The van der Waals surface area contributed by atoms with Crippen LogP contribution in [0.4, 0.5) is 0 Å². The lowest BCUT2D eigenvalue weighted by atomic mass is 10.2. The number of ether oxygens (including phenoxy) is 1. The normalized spacial score (nSPS) is 14.4. The van der Waals surface area contributed by atoms with Gasteiger partial charge in [-0.2, -0.15) is 0 Å². The van der Waals surface area contributed by atoms with E-state index in [1.807, 2.05) is 52.7 Å². The molecule has 0 saturated carbocycles. The average molecular weight is 477 g/mol. The summed E-state index contributed by atoms with van der Waals surface area (Å²) in [7, 11) is 1.64. The first-order chi connectivity index (χ1) is 16.2. The number of methoxy groups -OCH3 is 1. The number of thiazole rings is 2. The summed E-state index contributed by atoms with van der Waals surface area (Å²) in [6, 6.07) is 18.0. The summed E-state index contributed by atoms with van der Waals surface area (Å²) in [6.07, 6.45) is 0. The highest BCUT2D eigenvalue weighted by Gasteiger charge is 2.25.